The van der Waals surface area contributed by atoms with Crippen LogP contribution in [0, 0.1) is 0 Å². The summed E-state index contributed by atoms with van der Waals surface area (Å²) >= 11 is 0. The second kappa shape index (κ2) is 8.56. The third-order valence-corrected chi connectivity index (χ3v) is 3.88. The molecule has 5 heteroatoms. The van der Waals surface area contributed by atoms with Crippen LogP contribution in [-0.4, -0.2) is 29.1 Å². The van der Waals surface area contributed by atoms with Gasteiger partial charge in [-0.3, -0.25) is 9.59 Å². The van der Waals surface area contributed by atoms with E-state index in [1.54, 1.807) is 19.1 Å². The zero-order valence-electron chi connectivity index (χ0n) is 13.6. The van der Waals surface area contributed by atoms with E-state index in [1.807, 2.05) is 12.1 Å². The number of esters is 1. The van der Waals surface area contributed by atoms with E-state index < -0.39 is 6.10 Å². The van der Waals surface area contributed by atoms with Crippen LogP contribution in [0.3, 0.4) is 0 Å². The summed E-state index contributed by atoms with van der Waals surface area (Å²) in [6.07, 6.45) is 5.27. The lowest BCUT2D eigenvalue weighted by atomic mass is 10.1. The Morgan fingerprint density at radius 2 is 1.91 bits per heavy atom. The van der Waals surface area contributed by atoms with Crippen LogP contribution in [0.2, 0.25) is 0 Å². The Hall–Kier alpha value is -2.04. The molecule has 1 atom stereocenters. The smallest absolute Gasteiger partial charge is 0.306 e. The molecule has 2 rings (SSSR count). The number of phenolic OH excluding ortho intramolecular Hbond substituents is 1. The van der Waals surface area contributed by atoms with Crippen molar-refractivity contribution in [3.63, 3.8) is 0 Å². The minimum Gasteiger partial charge on any atom is -0.508 e. The molecule has 2 N–H and O–H groups in total. The normalized spacial score (nSPS) is 15.0. The Kier molecular flexibility index (Phi) is 6.44. The summed E-state index contributed by atoms with van der Waals surface area (Å²) in [6, 6.07) is 7.46. The molecule has 0 bridgehead atoms. The summed E-state index contributed by atoms with van der Waals surface area (Å²) < 4.78 is 5.14. The molecule has 0 aliphatic heterocycles. The number of rotatable bonds is 9. The van der Waals surface area contributed by atoms with E-state index in [-0.39, 0.29) is 23.7 Å². The molecule has 1 aromatic rings. The highest BCUT2D eigenvalue weighted by Gasteiger charge is 2.26. The van der Waals surface area contributed by atoms with Crippen LogP contribution in [0.5, 0.6) is 5.75 Å². The van der Waals surface area contributed by atoms with E-state index in [9.17, 15) is 14.7 Å². The monoisotopic (exact) mass is 319 g/mol. The first-order chi connectivity index (χ1) is 11.0. The average Bonchev–Trinajstić information content (AvgIpc) is 3.32. The first kappa shape index (κ1) is 17.3. The van der Waals surface area contributed by atoms with Gasteiger partial charge in [0.25, 0.3) is 5.91 Å². The predicted molar refractivity (Wildman–Crippen MR) is 87.0 cm³/mol. The molecule has 126 valence electrons. The lowest BCUT2D eigenvalue weighted by Crippen LogP contribution is -2.37. The number of aromatic hydroxyl groups is 1. The van der Waals surface area contributed by atoms with E-state index in [1.165, 1.54) is 5.56 Å². The molecular formula is C18H25NO4. The number of amides is 1. The fraction of sp³-hybridized carbons (Fsp3) is 0.556. The molecular weight excluding hydrogens is 294 g/mol. The number of hydrogen-bond acceptors (Lipinski definition) is 4. The minimum atomic E-state index is -0.708. The molecule has 1 fully saturated rings. The largest absolute Gasteiger partial charge is 0.508 e. The quantitative estimate of drug-likeness (QED) is 0.542. The topological polar surface area (TPSA) is 75.6 Å². The minimum absolute atomic E-state index is 0.201. The molecule has 1 aromatic carbocycles. The summed E-state index contributed by atoms with van der Waals surface area (Å²) in [4.78, 5) is 23.4. The fourth-order valence-corrected chi connectivity index (χ4v) is 2.29. The van der Waals surface area contributed by atoms with Crippen molar-refractivity contribution >= 4 is 11.9 Å². The molecule has 5 nitrogen and oxygen atoms in total. The van der Waals surface area contributed by atoms with Crippen LogP contribution in [-0.2, 0) is 20.7 Å². The van der Waals surface area contributed by atoms with Gasteiger partial charge in [-0.25, -0.2) is 0 Å². The number of phenols is 1. The molecule has 0 spiro atoms. The Morgan fingerprint density at radius 3 is 2.57 bits per heavy atom. The molecule has 0 unspecified atom stereocenters. The van der Waals surface area contributed by atoms with Gasteiger partial charge in [0.2, 0.25) is 0 Å². The van der Waals surface area contributed by atoms with Gasteiger partial charge in [-0.15, -0.1) is 0 Å². The summed E-state index contributed by atoms with van der Waals surface area (Å²) in [7, 11) is 0. The second-order valence-electron chi connectivity index (χ2n) is 6.14. The number of ether oxygens (including phenoxy) is 1. The SMILES string of the molecule is C[C@@H](OC(=O)CCCCCc1ccc(O)cc1)C(=O)NC1CC1. The van der Waals surface area contributed by atoms with Crippen molar-refractivity contribution in [1.29, 1.82) is 0 Å². The molecule has 1 amide bonds. The lowest BCUT2D eigenvalue weighted by Gasteiger charge is -2.13. The highest BCUT2D eigenvalue weighted by atomic mass is 16.5. The highest BCUT2D eigenvalue weighted by molar-refractivity contribution is 5.83. The zero-order valence-corrected chi connectivity index (χ0v) is 13.6. The Labute approximate surface area is 137 Å². The van der Waals surface area contributed by atoms with Crippen LogP contribution >= 0.6 is 0 Å². The fourth-order valence-electron chi connectivity index (χ4n) is 2.29. The summed E-state index contributed by atoms with van der Waals surface area (Å²) in [5, 5.41) is 12.0. The van der Waals surface area contributed by atoms with Gasteiger partial charge in [-0.05, 0) is 56.7 Å². The third-order valence-electron chi connectivity index (χ3n) is 3.88. The number of unbranched alkanes of at least 4 members (excludes halogenated alkanes) is 2. The molecule has 0 radical (unpaired) electrons. The molecule has 1 saturated carbocycles. The standard InChI is InChI=1S/C18H25NO4/c1-13(18(22)19-15-9-10-15)23-17(21)6-4-2-3-5-14-7-11-16(20)12-8-14/h7-8,11-13,15,20H,2-6,9-10H2,1H3,(H,19,22)/t13-/m1/s1. The maximum atomic E-state index is 11.7. The van der Waals surface area contributed by atoms with E-state index in [0.717, 1.165) is 38.5 Å². The first-order valence-corrected chi connectivity index (χ1v) is 8.32. The number of carbonyl (C=O) groups excluding carboxylic acids is 2. The maximum absolute atomic E-state index is 11.7. The number of aryl methyl sites for hydroxylation is 1. The highest BCUT2D eigenvalue weighted by Crippen LogP contribution is 2.19. The van der Waals surface area contributed by atoms with Crippen LogP contribution in [0.4, 0.5) is 0 Å². The van der Waals surface area contributed by atoms with Gasteiger partial charge in [0.05, 0.1) is 0 Å². The van der Waals surface area contributed by atoms with Crippen molar-refractivity contribution in [3.05, 3.63) is 29.8 Å². The van der Waals surface area contributed by atoms with Gasteiger partial charge in [-0.2, -0.15) is 0 Å². The lowest BCUT2D eigenvalue weighted by molar-refractivity contribution is -0.155. The average molecular weight is 319 g/mol. The number of carbonyl (C=O) groups is 2. The maximum Gasteiger partial charge on any atom is 0.306 e. The Bertz CT molecular complexity index is 522. The van der Waals surface area contributed by atoms with Gasteiger partial charge in [-0.1, -0.05) is 18.6 Å². The third kappa shape index (κ3) is 6.72. The number of benzene rings is 1. The van der Waals surface area contributed by atoms with Gasteiger partial charge in [0.15, 0.2) is 6.10 Å². The van der Waals surface area contributed by atoms with Gasteiger partial charge < -0.3 is 15.2 Å². The van der Waals surface area contributed by atoms with Crippen LogP contribution in [0.1, 0.15) is 51.0 Å². The zero-order chi connectivity index (χ0) is 16.7. The molecule has 1 aliphatic carbocycles. The predicted octanol–water partition coefficient (Wildman–Crippen LogP) is 2.71. The van der Waals surface area contributed by atoms with Crippen LogP contribution in [0.25, 0.3) is 0 Å². The number of hydrogen-bond donors (Lipinski definition) is 2. The molecule has 0 aromatic heterocycles. The summed E-state index contributed by atoms with van der Waals surface area (Å²) in [5.74, 6) is -0.238. The molecule has 23 heavy (non-hydrogen) atoms. The summed E-state index contributed by atoms with van der Waals surface area (Å²) in [6.45, 7) is 1.61. The second-order valence-corrected chi connectivity index (χ2v) is 6.14. The van der Waals surface area contributed by atoms with Crippen molar-refractivity contribution in [3.8, 4) is 5.75 Å². The summed E-state index contributed by atoms with van der Waals surface area (Å²) in [5.41, 5.74) is 1.18. The van der Waals surface area contributed by atoms with Crippen molar-refractivity contribution in [2.45, 2.75) is 64.0 Å². The Balaban J connectivity index is 1.53. The molecule has 0 heterocycles. The Morgan fingerprint density at radius 1 is 1.22 bits per heavy atom. The van der Waals surface area contributed by atoms with Crippen LogP contribution in [0.15, 0.2) is 24.3 Å². The van der Waals surface area contributed by atoms with Gasteiger partial charge in [0.1, 0.15) is 5.75 Å². The first-order valence-electron chi connectivity index (χ1n) is 8.32. The molecule has 1 aliphatic rings. The van der Waals surface area contributed by atoms with Gasteiger partial charge >= 0.3 is 5.97 Å². The van der Waals surface area contributed by atoms with Crippen molar-refractivity contribution in [2.75, 3.05) is 0 Å². The van der Waals surface area contributed by atoms with Gasteiger partial charge in [0, 0.05) is 12.5 Å². The van der Waals surface area contributed by atoms with Crippen molar-refractivity contribution in [2.24, 2.45) is 0 Å². The van der Waals surface area contributed by atoms with E-state index in [0.29, 0.717) is 6.42 Å². The van der Waals surface area contributed by atoms with Crippen LogP contribution < -0.4 is 5.32 Å². The van der Waals surface area contributed by atoms with E-state index in [2.05, 4.69) is 5.32 Å². The van der Waals surface area contributed by atoms with Crippen molar-refractivity contribution < 1.29 is 19.4 Å². The van der Waals surface area contributed by atoms with E-state index in [4.69, 9.17) is 4.74 Å². The van der Waals surface area contributed by atoms with E-state index >= 15 is 0 Å². The molecule has 0 saturated heterocycles. The van der Waals surface area contributed by atoms with Crippen molar-refractivity contribution in [1.82, 2.24) is 5.32 Å². The number of nitrogens with one attached hydrogen (secondary N) is 1.